The second-order valence-electron chi connectivity index (χ2n) is 8.77. The third kappa shape index (κ3) is 2.45. The van der Waals surface area contributed by atoms with E-state index < -0.39 is 5.91 Å². The predicted octanol–water partition coefficient (Wildman–Crippen LogP) is 3.25. The van der Waals surface area contributed by atoms with Crippen LogP contribution < -0.4 is 5.73 Å². The molecule has 28 heavy (non-hydrogen) atoms. The minimum absolute atomic E-state index is 0.0182. The van der Waals surface area contributed by atoms with Crippen LogP contribution in [0.3, 0.4) is 0 Å². The van der Waals surface area contributed by atoms with Crippen molar-refractivity contribution in [2.45, 2.75) is 45.1 Å². The molecule has 1 aliphatic heterocycles. The SMILES string of the molecule is CC12CCN(C(=O)c3ccc(C(N)=O)cc3)C(Cc3c(O)cccc31)C2(C)C. The number of fused-ring (bicyclic) bond motifs is 4. The van der Waals surface area contributed by atoms with Gasteiger partial charge in [0.25, 0.3) is 5.91 Å². The number of carbonyl (C=O) groups is 2. The number of benzene rings is 2. The number of phenolic OH excluding ortho intramolecular Hbond substituents is 1. The first-order chi connectivity index (χ1) is 13.2. The number of hydrogen-bond donors (Lipinski definition) is 2. The fourth-order valence-electron chi connectivity index (χ4n) is 5.11. The lowest BCUT2D eigenvalue weighted by Gasteiger charge is -2.60. The van der Waals surface area contributed by atoms with Crippen molar-refractivity contribution in [3.63, 3.8) is 0 Å². The number of hydrogen-bond acceptors (Lipinski definition) is 3. The third-order valence-corrected chi connectivity index (χ3v) is 7.30. The number of aromatic hydroxyl groups is 1. The molecule has 0 spiro atoms. The van der Waals surface area contributed by atoms with Gasteiger partial charge in [0.15, 0.2) is 0 Å². The lowest BCUT2D eigenvalue weighted by Crippen LogP contribution is -2.64. The second-order valence-corrected chi connectivity index (χ2v) is 8.77. The molecule has 2 atom stereocenters. The number of phenols is 1. The Morgan fingerprint density at radius 2 is 1.71 bits per heavy atom. The number of carbonyl (C=O) groups excluding carboxylic acids is 2. The maximum absolute atomic E-state index is 13.3. The number of primary amides is 1. The minimum atomic E-state index is -0.506. The van der Waals surface area contributed by atoms with E-state index >= 15 is 0 Å². The standard InChI is InChI=1S/C23H26N2O3/c1-22(2)19-13-16-17(5-4-6-18(16)26)23(22,3)11-12-25(19)21(28)15-9-7-14(8-10-15)20(24)27/h4-10,19,26H,11-13H2,1-3H3,(H2,24,27). The van der Waals surface area contributed by atoms with Crippen LogP contribution in [0.2, 0.25) is 0 Å². The van der Waals surface area contributed by atoms with E-state index in [2.05, 4.69) is 26.8 Å². The highest BCUT2D eigenvalue weighted by atomic mass is 16.3. The summed E-state index contributed by atoms with van der Waals surface area (Å²) in [5.41, 5.74) is 8.13. The summed E-state index contributed by atoms with van der Waals surface area (Å²) in [5, 5.41) is 10.5. The van der Waals surface area contributed by atoms with Crippen molar-refractivity contribution in [2.75, 3.05) is 6.54 Å². The molecule has 5 heteroatoms. The summed E-state index contributed by atoms with van der Waals surface area (Å²) in [5.74, 6) is -0.243. The van der Waals surface area contributed by atoms with E-state index in [-0.39, 0.29) is 22.8 Å². The summed E-state index contributed by atoms with van der Waals surface area (Å²) in [4.78, 5) is 26.6. The van der Waals surface area contributed by atoms with Crippen LogP contribution in [0.1, 0.15) is 59.0 Å². The molecular weight excluding hydrogens is 352 g/mol. The maximum atomic E-state index is 13.3. The number of nitrogens with zero attached hydrogens (tertiary/aromatic N) is 1. The molecule has 3 N–H and O–H groups in total. The zero-order chi connectivity index (χ0) is 20.3. The van der Waals surface area contributed by atoms with Crippen molar-refractivity contribution in [3.8, 4) is 5.75 Å². The Balaban J connectivity index is 1.73. The lowest BCUT2D eigenvalue weighted by atomic mass is 9.51. The van der Waals surface area contributed by atoms with Crippen molar-refractivity contribution in [3.05, 3.63) is 64.7 Å². The Morgan fingerprint density at radius 3 is 2.36 bits per heavy atom. The fraction of sp³-hybridized carbons (Fsp3) is 0.391. The molecule has 1 saturated heterocycles. The van der Waals surface area contributed by atoms with E-state index in [1.54, 1.807) is 30.3 Å². The minimum Gasteiger partial charge on any atom is -0.508 e. The number of rotatable bonds is 2. The normalized spacial score (nSPS) is 25.1. The zero-order valence-corrected chi connectivity index (χ0v) is 16.5. The van der Waals surface area contributed by atoms with E-state index in [1.807, 2.05) is 11.0 Å². The molecule has 2 aromatic rings. The van der Waals surface area contributed by atoms with E-state index in [0.717, 1.165) is 12.0 Å². The Morgan fingerprint density at radius 1 is 1.07 bits per heavy atom. The monoisotopic (exact) mass is 378 g/mol. The van der Waals surface area contributed by atoms with Crippen LogP contribution in [-0.4, -0.2) is 34.4 Å². The summed E-state index contributed by atoms with van der Waals surface area (Å²) in [6, 6.07) is 12.3. The van der Waals surface area contributed by atoms with E-state index in [1.165, 1.54) is 5.56 Å². The highest BCUT2D eigenvalue weighted by Crippen LogP contribution is 2.57. The van der Waals surface area contributed by atoms with Gasteiger partial charge in [0.1, 0.15) is 5.75 Å². The van der Waals surface area contributed by atoms with Crippen molar-refractivity contribution in [2.24, 2.45) is 11.1 Å². The van der Waals surface area contributed by atoms with Crippen LogP contribution >= 0.6 is 0 Å². The van der Waals surface area contributed by atoms with Gasteiger partial charge in [0, 0.05) is 29.1 Å². The molecule has 4 rings (SSSR count). The number of nitrogens with two attached hydrogens (primary N) is 1. The van der Waals surface area contributed by atoms with E-state index in [4.69, 9.17) is 5.73 Å². The molecule has 1 aliphatic carbocycles. The van der Waals surface area contributed by atoms with Crippen LogP contribution in [0.25, 0.3) is 0 Å². The largest absolute Gasteiger partial charge is 0.508 e. The average molecular weight is 378 g/mol. The molecule has 0 aromatic heterocycles. The van der Waals surface area contributed by atoms with Crippen molar-refractivity contribution in [1.29, 1.82) is 0 Å². The molecule has 0 radical (unpaired) electrons. The first-order valence-electron chi connectivity index (χ1n) is 9.69. The van der Waals surface area contributed by atoms with Gasteiger partial charge in [-0.05, 0) is 59.7 Å². The van der Waals surface area contributed by atoms with Gasteiger partial charge in [0.05, 0.1) is 0 Å². The van der Waals surface area contributed by atoms with Gasteiger partial charge in [-0.25, -0.2) is 0 Å². The van der Waals surface area contributed by atoms with Crippen LogP contribution in [0.15, 0.2) is 42.5 Å². The van der Waals surface area contributed by atoms with Gasteiger partial charge in [-0.15, -0.1) is 0 Å². The smallest absolute Gasteiger partial charge is 0.254 e. The molecule has 1 heterocycles. The summed E-state index contributed by atoms with van der Waals surface area (Å²) >= 11 is 0. The van der Waals surface area contributed by atoms with Gasteiger partial charge >= 0.3 is 0 Å². The van der Waals surface area contributed by atoms with Crippen molar-refractivity contribution < 1.29 is 14.7 Å². The van der Waals surface area contributed by atoms with Crippen molar-refractivity contribution in [1.82, 2.24) is 4.90 Å². The average Bonchev–Trinajstić information content (AvgIpc) is 2.65. The third-order valence-electron chi connectivity index (χ3n) is 7.30. The summed E-state index contributed by atoms with van der Waals surface area (Å²) < 4.78 is 0. The number of amides is 2. The molecule has 146 valence electrons. The first kappa shape index (κ1) is 18.5. The predicted molar refractivity (Wildman–Crippen MR) is 107 cm³/mol. The lowest BCUT2D eigenvalue weighted by molar-refractivity contribution is -0.0266. The van der Waals surface area contributed by atoms with E-state index in [0.29, 0.717) is 29.8 Å². The van der Waals surface area contributed by atoms with Gasteiger partial charge < -0.3 is 15.7 Å². The molecule has 2 amide bonds. The molecule has 0 saturated carbocycles. The molecular formula is C23H26N2O3. The molecule has 2 aliphatic rings. The van der Waals surface area contributed by atoms with Gasteiger partial charge in [-0.2, -0.15) is 0 Å². The van der Waals surface area contributed by atoms with Gasteiger partial charge in [-0.3, -0.25) is 9.59 Å². The first-order valence-corrected chi connectivity index (χ1v) is 9.69. The van der Waals surface area contributed by atoms with Crippen LogP contribution in [0.4, 0.5) is 0 Å². The Labute approximate surface area is 165 Å². The molecule has 2 aromatic carbocycles. The molecule has 5 nitrogen and oxygen atoms in total. The van der Waals surface area contributed by atoms with Crippen LogP contribution in [0, 0.1) is 5.41 Å². The Bertz CT molecular complexity index is 964. The molecule has 2 bridgehead atoms. The molecule has 1 fully saturated rings. The fourth-order valence-corrected chi connectivity index (χ4v) is 5.11. The summed E-state index contributed by atoms with van der Waals surface area (Å²) in [7, 11) is 0. The highest BCUT2D eigenvalue weighted by molar-refractivity contribution is 5.97. The topological polar surface area (TPSA) is 83.6 Å². The second kappa shape index (κ2) is 6.09. The zero-order valence-electron chi connectivity index (χ0n) is 16.5. The molecule has 2 unspecified atom stereocenters. The summed E-state index contributed by atoms with van der Waals surface area (Å²) in [6.45, 7) is 7.36. The van der Waals surface area contributed by atoms with Crippen LogP contribution in [0.5, 0.6) is 5.75 Å². The van der Waals surface area contributed by atoms with E-state index in [9.17, 15) is 14.7 Å². The van der Waals surface area contributed by atoms with Gasteiger partial charge in [0.2, 0.25) is 5.91 Å². The Hall–Kier alpha value is -2.82. The number of likely N-dealkylation sites (tertiary alicyclic amines) is 1. The Kier molecular flexibility index (Phi) is 4.03. The van der Waals surface area contributed by atoms with Crippen LogP contribution in [-0.2, 0) is 11.8 Å². The van der Waals surface area contributed by atoms with Crippen molar-refractivity contribution >= 4 is 11.8 Å². The maximum Gasteiger partial charge on any atom is 0.254 e. The highest BCUT2D eigenvalue weighted by Gasteiger charge is 2.57. The quantitative estimate of drug-likeness (QED) is 0.841. The summed E-state index contributed by atoms with van der Waals surface area (Å²) in [6.07, 6.45) is 1.47. The number of piperidine rings is 1. The van der Waals surface area contributed by atoms with Gasteiger partial charge in [-0.1, -0.05) is 32.9 Å².